The van der Waals surface area contributed by atoms with E-state index in [1.165, 1.54) is 11.1 Å². The van der Waals surface area contributed by atoms with Gasteiger partial charge in [-0.25, -0.2) is 9.97 Å². The summed E-state index contributed by atoms with van der Waals surface area (Å²) >= 11 is 0. The quantitative estimate of drug-likeness (QED) is 0.381. The lowest BCUT2D eigenvalue weighted by molar-refractivity contribution is 0.354. The second-order valence-electron chi connectivity index (χ2n) is 8.63. The molecule has 186 valence electrons. The van der Waals surface area contributed by atoms with Crippen LogP contribution in [0.1, 0.15) is 5.56 Å². The molecule has 0 atom stereocenters. The van der Waals surface area contributed by atoms with E-state index in [-0.39, 0.29) is 0 Å². The number of ether oxygens (including phenoxy) is 3. The zero-order valence-electron chi connectivity index (χ0n) is 20.9. The topological polar surface area (TPSA) is 80.8 Å². The van der Waals surface area contributed by atoms with Crippen LogP contribution in [0.2, 0.25) is 0 Å². The van der Waals surface area contributed by atoms with Crippen molar-refractivity contribution in [3.05, 3.63) is 66.4 Å². The fourth-order valence-electron chi connectivity index (χ4n) is 4.54. The van der Waals surface area contributed by atoms with Crippen LogP contribution in [0.15, 0.2) is 60.8 Å². The van der Waals surface area contributed by atoms with E-state index in [0.29, 0.717) is 24.0 Å². The molecule has 0 unspecified atom stereocenters. The summed E-state index contributed by atoms with van der Waals surface area (Å²) in [5, 5.41) is 9.11. The molecule has 1 fully saturated rings. The van der Waals surface area contributed by atoms with Gasteiger partial charge in [-0.3, -0.25) is 0 Å². The average Bonchev–Trinajstić information content (AvgIpc) is 2.95. The normalized spacial score (nSPS) is 13.5. The molecule has 8 nitrogen and oxygen atoms in total. The van der Waals surface area contributed by atoms with Crippen LogP contribution in [0, 0.1) is 0 Å². The molecule has 1 aromatic heterocycles. The highest BCUT2D eigenvalue weighted by atomic mass is 16.5. The molecule has 0 bridgehead atoms. The van der Waals surface area contributed by atoms with Crippen LogP contribution >= 0.6 is 0 Å². The van der Waals surface area contributed by atoms with Gasteiger partial charge in [0.25, 0.3) is 0 Å². The first-order chi connectivity index (χ1) is 17.7. The first kappa shape index (κ1) is 23.7. The van der Waals surface area contributed by atoms with Crippen LogP contribution in [0.5, 0.6) is 17.2 Å². The Morgan fingerprint density at radius 2 is 1.72 bits per heavy atom. The van der Waals surface area contributed by atoms with E-state index >= 15 is 0 Å². The van der Waals surface area contributed by atoms with Crippen LogP contribution in [0.4, 0.5) is 11.6 Å². The number of piperazine rings is 1. The molecule has 0 amide bonds. The third-order valence-corrected chi connectivity index (χ3v) is 6.45. The molecule has 0 spiro atoms. The van der Waals surface area contributed by atoms with Crippen molar-refractivity contribution in [2.75, 3.05) is 57.7 Å². The first-order valence-electron chi connectivity index (χ1n) is 12.0. The number of nitrogens with one attached hydrogen (secondary N) is 2. The third kappa shape index (κ3) is 4.99. The number of hydrogen-bond donors (Lipinski definition) is 2. The minimum Gasteiger partial charge on any atom is -0.497 e. The van der Waals surface area contributed by atoms with Gasteiger partial charge in [-0.15, -0.1) is 0 Å². The number of hydrogen-bond acceptors (Lipinski definition) is 8. The molecular weight excluding hydrogens is 454 g/mol. The maximum atomic E-state index is 5.51. The highest BCUT2D eigenvalue weighted by molar-refractivity contribution is 5.98. The smallest absolute Gasteiger partial charge is 0.223 e. The number of methoxy groups -OCH3 is 3. The highest BCUT2D eigenvalue weighted by Gasteiger charge is 2.16. The molecule has 0 saturated carbocycles. The van der Waals surface area contributed by atoms with E-state index in [1.54, 1.807) is 27.5 Å². The Hall–Kier alpha value is -4.04. The van der Waals surface area contributed by atoms with E-state index in [0.717, 1.165) is 54.1 Å². The van der Waals surface area contributed by atoms with E-state index in [9.17, 15) is 0 Å². The lowest BCUT2D eigenvalue weighted by atomic mass is 10.0. The fraction of sp³-hybridized carbons (Fsp3) is 0.286. The lowest BCUT2D eigenvalue weighted by Crippen LogP contribution is -2.43. The predicted octanol–water partition coefficient (Wildman–Crippen LogP) is 4.34. The van der Waals surface area contributed by atoms with Gasteiger partial charge in [0.2, 0.25) is 5.95 Å². The maximum Gasteiger partial charge on any atom is 0.223 e. The molecule has 36 heavy (non-hydrogen) atoms. The van der Waals surface area contributed by atoms with Gasteiger partial charge in [0.1, 0.15) is 5.75 Å². The van der Waals surface area contributed by atoms with Crippen LogP contribution in [-0.2, 0) is 6.54 Å². The summed E-state index contributed by atoms with van der Waals surface area (Å²) in [5.74, 6) is 2.82. The summed E-state index contributed by atoms with van der Waals surface area (Å²) in [4.78, 5) is 11.7. The molecule has 2 heterocycles. The lowest BCUT2D eigenvalue weighted by Gasteiger charge is -2.31. The minimum atomic E-state index is 0.563. The predicted molar refractivity (Wildman–Crippen MR) is 143 cm³/mol. The van der Waals surface area contributed by atoms with E-state index in [1.807, 2.05) is 30.3 Å². The van der Waals surface area contributed by atoms with Crippen molar-refractivity contribution in [3.8, 4) is 28.5 Å². The Balaban J connectivity index is 1.45. The van der Waals surface area contributed by atoms with Gasteiger partial charge in [0.05, 0.1) is 27.0 Å². The number of rotatable bonds is 8. The summed E-state index contributed by atoms with van der Waals surface area (Å²) in [6.45, 7) is 4.41. The van der Waals surface area contributed by atoms with E-state index < -0.39 is 0 Å². The van der Waals surface area contributed by atoms with Crippen molar-refractivity contribution >= 4 is 22.4 Å². The SMILES string of the molecule is COc1ccc2cc(-c3ccnc(NCc4ccc(OC)c(OC)c4)n3)cc(N3CCNCC3)c2c1. The Morgan fingerprint density at radius 1 is 0.889 bits per heavy atom. The van der Waals surface area contributed by atoms with Crippen molar-refractivity contribution in [2.45, 2.75) is 6.54 Å². The zero-order valence-corrected chi connectivity index (χ0v) is 20.9. The van der Waals surface area contributed by atoms with Gasteiger partial charge < -0.3 is 29.7 Å². The first-order valence-corrected chi connectivity index (χ1v) is 12.0. The molecule has 1 saturated heterocycles. The monoisotopic (exact) mass is 485 g/mol. The molecule has 3 aromatic carbocycles. The third-order valence-electron chi connectivity index (χ3n) is 6.45. The van der Waals surface area contributed by atoms with Crippen LogP contribution in [0.25, 0.3) is 22.0 Å². The molecular formula is C28H31N5O3. The summed E-state index contributed by atoms with van der Waals surface area (Å²) in [6.07, 6.45) is 1.79. The van der Waals surface area contributed by atoms with Crippen molar-refractivity contribution in [1.29, 1.82) is 0 Å². The van der Waals surface area contributed by atoms with Crippen molar-refractivity contribution in [1.82, 2.24) is 15.3 Å². The van der Waals surface area contributed by atoms with Gasteiger partial charge in [0.15, 0.2) is 11.5 Å². The second-order valence-corrected chi connectivity index (χ2v) is 8.63. The van der Waals surface area contributed by atoms with Gasteiger partial charge in [0, 0.05) is 55.6 Å². The molecule has 0 radical (unpaired) electrons. The molecule has 4 aromatic rings. The fourth-order valence-corrected chi connectivity index (χ4v) is 4.54. The molecule has 1 aliphatic heterocycles. The van der Waals surface area contributed by atoms with E-state index in [2.05, 4.69) is 44.8 Å². The molecule has 0 aliphatic carbocycles. The largest absolute Gasteiger partial charge is 0.497 e. The van der Waals surface area contributed by atoms with Crippen molar-refractivity contribution in [3.63, 3.8) is 0 Å². The molecule has 1 aliphatic rings. The number of nitrogens with zero attached hydrogens (tertiary/aromatic N) is 3. The highest BCUT2D eigenvalue weighted by Crippen LogP contribution is 2.35. The number of benzene rings is 3. The molecule has 2 N–H and O–H groups in total. The van der Waals surface area contributed by atoms with Crippen molar-refractivity contribution < 1.29 is 14.2 Å². The standard InChI is InChI=1S/C28H31N5O3/c1-34-22-6-5-20-15-21(16-25(23(20)17-22)33-12-10-29-11-13-33)24-8-9-30-28(32-24)31-18-19-4-7-26(35-2)27(14-19)36-3/h4-9,14-17,29H,10-13,18H2,1-3H3,(H,30,31,32). The van der Waals surface area contributed by atoms with Gasteiger partial charge in [-0.1, -0.05) is 12.1 Å². The van der Waals surface area contributed by atoms with Crippen molar-refractivity contribution in [2.24, 2.45) is 0 Å². The minimum absolute atomic E-state index is 0.563. The van der Waals surface area contributed by atoms with Gasteiger partial charge >= 0.3 is 0 Å². The Bertz CT molecular complexity index is 1350. The maximum absolute atomic E-state index is 5.51. The van der Waals surface area contributed by atoms with Crippen LogP contribution in [-0.4, -0.2) is 57.5 Å². The molecule has 5 rings (SSSR count). The Kier molecular flexibility index (Phi) is 7.04. The Labute approximate surface area is 211 Å². The zero-order chi connectivity index (χ0) is 24.9. The number of aromatic nitrogens is 2. The van der Waals surface area contributed by atoms with E-state index in [4.69, 9.17) is 19.2 Å². The summed E-state index contributed by atoms with van der Waals surface area (Å²) in [5.41, 5.74) is 4.16. The van der Waals surface area contributed by atoms with Crippen LogP contribution in [0.3, 0.4) is 0 Å². The average molecular weight is 486 g/mol. The molecule has 8 heteroatoms. The number of anilines is 2. The van der Waals surface area contributed by atoms with Crippen LogP contribution < -0.4 is 29.7 Å². The summed E-state index contributed by atoms with van der Waals surface area (Å²) < 4.78 is 16.3. The Morgan fingerprint density at radius 3 is 2.50 bits per heavy atom. The summed E-state index contributed by atoms with van der Waals surface area (Å²) in [7, 11) is 4.97. The van der Waals surface area contributed by atoms with Gasteiger partial charge in [-0.05, 0) is 53.4 Å². The summed E-state index contributed by atoms with van der Waals surface area (Å²) in [6, 6.07) is 18.4. The van der Waals surface area contributed by atoms with Gasteiger partial charge in [-0.2, -0.15) is 0 Å². The number of fused-ring (bicyclic) bond motifs is 1. The second kappa shape index (κ2) is 10.7.